The molecule has 3 aliphatic heterocycles. The molecule has 1 aromatic heterocycles. The third-order valence-electron chi connectivity index (χ3n) is 5.57. The molecule has 1 spiro atoms. The zero-order chi connectivity index (χ0) is 15.4. The molecule has 0 saturated carbocycles. The Morgan fingerprint density at radius 1 is 1.55 bits per heavy atom. The van der Waals surface area contributed by atoms with Crippen LogP contribution in [-0.4, -0.2) is 51.2 Å². The molecule has 0 aliphatic carbocycles. The molecule has 1 aromatic rings. The van der Waals surface area contributed by atoms with E-state index in [4.69, 9.17) is 4.74 Å². The van der Waals surface area contributed by atoms with Crippen molar-refractivity contribution in [1.29, 1.82) is 0 Å². The molecule has 3 saturated heterocycles. The van der Waals surface area contributed by atoms with Crippen LogP contribution in [0.1, 0.15) is 19.8 Å². The van der Waals surface area contributed by atoms with Crippen LogP contribution in [0, 0.1) is 11.8 Å². The first-order valence-electron chi connectivity index (χ1n) is 7.97. The van der Waals surface area contributed by atoms with Crippen LogP contribution in [0.4, 0.5) is 0 Å². The molecule has 3 aliphatic rings. The summed E-state index contributed by atoms with van der Waals surface area (Å²) < 4.78 is 34.2. The predicted octanol–water partition coefficient (Wildman–Crippen LogP) is 1.53. The van der Waals surface area contributed by atoms with E-state index in [0.717, 1.165) is 32.5 Å². The van der Waals surface area contributed by atoms with Crippen LogP contribution in [-0.2, 0) is 14.8 Å². The fourth-order valence-corrected chi connectivity index (χ4v) is 6.60. The van der Waals surface area contributed by atoms with Crippen molar-refractivity contribution in [1.82, 2.24) is 9.62 Å². The summed E-state index contributed by atoms with van der Waals surface area (Å²) in [5.74, 6) is 0.775. The van der Waals surface area contributed by atoms with Gasteiger partial charge in [0, 0.05) is 31.5 Å². The van der Waals surface area contributed by atoms with E-state index in [2.05, 4.69) is 16.5 Å². The van der Waals surface area contributed by atoms with Crippen molar-refractivity contribution in [3.8, 4) is 0 Å². The number of fused-ring (bicyclic) bond motifs is 1. The van der Waals surface area contributed by atoms with Gasteiger partial charge in [0.2, 0.25) is 10.0 Å². The maximum absolute atomic E-state index is 12.3. The first kappa shape index (κ1) is 15.1. The number of hydrogen-bond donors (Lipinski definition) is 1. The smallest absolute Gasteiger partial charge is 0.250 e. The maximum atomic E-state index is 12.3. The average molecular weight is 342 g/mol. The SMILES string of the molecule is CCN1C[C@@H]2[C@H](CNS(=O)(=O)c3cccs3)[C@H]3CC[C@]2(C1)O3. The highest BCUT2D eigenvalue weighted by Crippen LogP contribution is 2.54. The van der Waals surface area contributed by atoms with Gasteiger partial charge in [-0.05, 0) is 30.8 Å². The van der Waals surface area contributed by atoms with Gasteiger partial charge in [0.05, 0.1) is 11.7 Å². The second kappa shape index (κ2) is 5.27. The molecule has 0 unspecified atom stereocenters. The fraction of sp³-hybridized carbons (Fsp3) is 0.733. The standard InChI is InChI=1S/C15H22N2O3S2/c1-2-17-9-12-11(13-5-6-15(12,10-17)20-13)8-16-22(18,19)14-4-3-7-21-14/h3-4,7,11-13,16H,2,5-6,8-10H2,1H3/t11-,12+,13+,15+/m0/s1. The van der Waals surface area contributed by atoms with Gasteiger partial charge in [0.1, 0.15) is 4.21 Å². The summed E-state index contributed by atoms with van der Waals surface area (Å²) in [6.45, 7) is 5.77. The lowest BCUT2D eigenvalue weighted by Gasteiger charge is -2.29. The van der Waals surface area contributed by atoms with Gasteiger partial charge in [0.15, 0.2) is 0 Å². The Morgan fingerprint density at radius 2 is 2.41 bits per heavy atom. The van der Waals surface area contributed by atoms with Crippen LogP contribution in [0.3, 0.4) is 0 Å². The number of sulfonamides is 1. The molecule has 2 bridgehead atoms. The number of likely N-dealkylation sites (N-methyl/N-ethyl adjacent to an activating group) is 1. The van der Waals surface area contributed by atoms with E-state index in [1.54, 1.807) is 17.5 Å². The molecule has 5 nitrogen and oxygen atoms in total. The number of ether oxygens (including phenoxy) is 1. The number of nitrogens with one attached hydrogen (secondary N) is 1. The van der Waals surface area contributed by atoms with E-state index in [1.165, 1.54) is 11.3 Å². The topological polar surface area (TPSA) is 58.6 Å². The highest BCUT2D eigenvalue weighted by atomic mass is 32.2. The zero-order valence-corrected chi connectivity index (χ0v) is 14.3. The maximum Gasteiger partial charge on any atom is 0.250 e. The largest absolute Gasteiger partial charge is 0.370 e. The van der Waals surface area contributed by atoms with Crippen molar-refractivity contribution in [2.24, 2.45) is 11.8 Å². The minimum atomic E-state index is -3.37. The summed E-state index contributed by atoms with van der Waals surface area (Å²) in [5.41, 5.74) is -0.000281. The summed E-state index contributed by atoms with van der Waals surface area (Å²) in [7, 11) is -3.37. The lowest BCUT2D eigenvalue weighted by atomic mass is 9.74. The number of hydrogen-bond acceptors (Lipinski definition) is 5. The number of rotatable bonds is 5. The van der Waals surface area contributed by atoms with Crippen molar-refractivity contribution >= 4 is 21.4 Å². The highest BCUT2D eigenvalue weighted by molar-refractivity contribution is 7.91. The van der Waals surface area contributed by atoms with Crippen LogP contribution in [0.2, 0.25) is 0 Å². The Kier molecular flexibility index (Phi) is 3.62. The Balaban J connectivity index is 1.48. The first-order valence-corrected chi connectivity index (χ1v) is 10.3. The summed E-state index contributed by atoms with van der Waals surface area (Å²) >= 11 is 1.26. The van der Waals surface area contributed by atoms with Crippen molar-refractivity contribution in [3.63, 3.8) is 0 Å². The number of nitrogens with zero attached hydrogens (tertiary/aromatic N) is 1. The van der Waals surface area contributed by atoms with E-state index >= 15 is 0 Å². The van der Waals surface area contributed by atoms with Gasteiger partial charge in [-0.2, -0.15) is 0 Å². The van der Waals surface area contributed by atoms with E-state index in [0.29, 0.717) is 22.6 Å². The van der Waals surface area contributed by atoms with Gasteiger partial charge in [-0.3, -0.25) is 0 Å². The molecular weight excluding hydrogens is 320 g/mol. The first-order chi connectivity index (χ1) is 10.5. The molecule has 4 heterocycles. The molecule has 4 rings (SSSR count). The van der Waals surface area contributed by atoms with E-state index in [1.807, 2.05) is 0 Å². The lowest BCUT2D eigenvalue weighted by Crippen LogP contribution is -2.41. The third kappa shape index (κ3) is 2.26. The van der Waals surface area contributed by atoms with Gasteiger partial charge in [-0.25, -0.2) is 13.1 Å². The molecule has 0 radical (unpaired) electrons. The molecule has 4 atom stereocenters. The summed E-state index contributed by atoms with van der Waals surface area (Å²) in [4.78, 5) is 2.44. The lowest BCUT2D eigenvalue weighted by molar-refractivity contribution is 0.00325. The molecule has 0 aromatic carbocycles. The van der Waals surface area contributed by atoms with Crippen LogP contribution >= 0.6 is 11.3 Å². The van der Waals surface area contributed by atoms with Crippen molar-refractivity contribution < 1.29 is 13.2 Å². The number of likely N-dealkylation sites (tertiary alicyclic amines) is 1. The monoisotopic (exact) mass is 342 g/mol. The molecule has 22 heavy (non-hydrogen) atoms. The number of thiophene rings is 1. The molecule has 122 valence electrons. The van der Waals surface area contributed by atoms with Crippen LogP contribution in [0.5, 0.6) is 0 Å². The normalized spacial score (nSPS) is 37.8. The van der Waals surface area contributed by atoms with Gasteiger partial charge < -0.3 is 9.64 Å². The quantitative estimate of drug-likeness (QED) is 0.882. The Morgan fingerprint density at radius 3 is 3.14 bits per heavy atom. The molecule has 7 heteroatoms. The van der Waals surface area contributed by atoms with Crippen LogP contribution in [0.25, 0.3) is 0 Å². The zero-order valence-electron chi connectivity index (χ0n) is 12.7. The van der Waals surface area contributed by atoms with Gasteiger partial charge in [-0.1, -0.05) is 13.0 Å². The third-order valence-corrected chi connectivity index (χ3v) is 8.39. The van der Waals surface area contributed by atoms with Crippen molar-refractivity contribution in [2.45, 2.75) is 35.7 Å². The summed E-state index contributed by atoms with van der Waals surface area (Å²) in [5, 5.41) is 1.79. The van der Waals surface area contributed by atoms with E-state index < -0.39 is 10.0 Å². The van der Waals surface area contributed by atoms with Gasteiger partial charge in [0.25, 0.3) is 0 Å². The summed E-state index contributed by atoms with van der Waals surface area (Å²) in [6, 6.07) is 3.42. The van der Waals surface area contributed by atoms with E-state index in [-0.39, 0.29) is 11.7 Å². The Labute approximate surface area is 135 Å². The predicted molar refractivity (Wildman–Crippen MR) is 85.4 cm³/mol. The van der Waals surface area contributed by atoms with Gasteiger partial charge in [-0.15, -0.1) is 11.3 Å². The average Bonchev–Trinajstić information content (AvgIpc) is 3.23. The Bertz CT molecular complexity index is 646. The Hall–Kier alpha value is -0.470. The van der Waals surface area contributed by atoms with Gasteiger partial charge >= 0.3 is 0 Å². The minimum Gasteiger partial charge on any atom is -0.370 e. The second-order valence-electron chi connectivity index (χ2n) is 6.64. The second-order valence-corrected chi connectivity index (χ2v) is 9.58. The van der Waals surface area contributed by atoms with Crippen LogP contribution < -0.4 is 4.72 Å². The van der Waals surface area contributed by atoms with Crippen molar-refractivity contribution in [3.05, 3.63) is 17.5 Å². The molecular formula is C15H22N2O3S2. The van der Waals surface area contributed by atoms with Crippen molar-refractivity contribution in [2.75, 3.05) is 26.2 Å². The summed E-state index contributed by atoms with van der Waals surface area (Å²) in [6.07, 6.45) is 2.43. The highest BCUT2D eigenvalue weighted by Gasteiger charge is 2.62. The van der Waals surface area contributed by atoms with E-state index in [9.17, 15) is 8.42 Å². The van der Waals surface area contributed by atoms with Crippen LogP contribution in [0.15, 0.2) is 21.7 Å². The molecule has 1 N–H and O–H groups in total. The minimum absolute atomic E-state index is 0.000281. The molecule has 0 amide bonds. The molecule has 3 fully saturated rings. The fourth-order valence-electron chi connectivity index (χ4n) is 4.49.